The van der Waals surface area contributed by atoms with Crippen LogP contribution in [0.15, 0.2) is 41.3 Å². The molecule has 0 saturated carbocycles. The number of aryl methyl sites for hydroxylation is 1. The number of unbranched alkanes of at least 4 members (excludes halogenated alkanes) is 1. The van der Waals surface area contributed by atoms with Gasteiger partial charge in [-0.1, -0.05) is 31.0 Å². The van der Waals surface area contributed by atoms with Gasteiger partial charge in [0, 0.05) is 11.4 Å². The first kappa shape index (κ1) is 24.5. The van der Waals surface area contributed by atoms with E-state index in [1.165, 1.54) is 24.3 Å². The highest BCUT2D eigenvalue weighted by atomic mass is 35.5. The molecule has 1 fully saturated rings. The molecular formula is C23H22ClN3O5S. The van der Waals surface area contributed by atoms with Crippen molar-refractivity contribution >= 4 is 58.1 Å². The number of nitrogens with zero attached hydrogens (tertiary/aromatic N) is 2. The number of aromatic nitrogens is 1. The van der Waals surface area contributed by atoms with Crippen molar-refractivity contribution in [2.75, 3.05) is 18.5 Å². The zero-order valence-electron chi connectivity index (χ0n) is 18.1. The largest absolute Gasteiger partial charge is 0.462 e. The summed E-state index contributed by atoms with van der Waals surface area (Å²) in [5.41, 5.74) is 1.73. The number of amides is 3. The van der Waals surface area contributed by atoms with Gasteiger partial charge < -0.3 is 10.1 Å². The van der Waals surface area contributed by atoms with Crippen molar-refractivity contribution < 1.29 is 23.9 Å². The van der Waals surface area contributed by atoms with Gasteiger partial charge in [-0.15, -0.1) is 0 Å². The Morgan fingerprint density at radius 1 is 1.24 bits per heavy atom. The Balaban J connectivity index is 1.66. The minimum absolute atomic E-state index is 0.116. The molecule has 1 N–H and O–H groups in total. The fourth-order valence-electron chi connectivity index (χ4n) is 2.91. The Labute approximate surface area is 200 Å². The molecule has 0 aliphatic carbocycles. The van der Waals surface area contributed by atoms with Crippen LogP contribution in [-0.4, -0.2) is 46.1 Å². The molecule has 2 aromatic rings. The van der Waals surface area contributed by atoms with Gasteiger partial charge in [0.05, 0.1) is 27.8 Å². The van der Waals surface area contributed by atoms with Gasteiger partial charge >= 0.3 is 5.97 Å². The Kier molecular flexibility index (Phi) is 8.24. The number of hydrogen-bond donors (Lipinski definition) is 1. The van der Waals surface area contributed by atoms with E-state index in [1.807, 2.05) is 19.9 Å². The smallest absolute Gasteiger partial charge is 0.339 e. The second-order valence-electron chi connectivity index (χ2n) is 7.20. The highest BCUT2D eigenvalue weighted by Gasteiger charge is 2.36. The number of carbonyl (C=O) groups excluding carboxylic acids is 4. The SMILES string of the molecule is CCCCOC(=O)c1cc(NC(=O)CN2C(=O)S/C(=C/c3cccc(C)n3)C2=O)ccc1Cl. The first-order valence-corrected chi connectivity index (χ1v) is 11.4. The molecule has 3 rings (SSSR count). The van der Waals surface area contributed by atoms with Crippen LogP contribution in [0.1, 0.15) is 41.5 Å². The lowest BCUT2D eigenvalue weighted by Crippen LogP contribution is -2.36. The summed E-state index contributed by atoms with van der Waals surface area (Å²) < 4.78 is 5.17. The van der Waals surface area contributed by atoms with Crippen LogP contribution in [0.4, 0.5) is 10.5 Å². The minimum Gasteiger partial charge on any atom is -0.462 e. The number of benzene rings is 1. The monoisotopic (exact) mass is 487 g/mol. The van der Waals surface area contributed by atoms with E-state index in [0.29, 0.717) is 11.4 Å². The van der Waals surface area contributed by atoms with E-state index >= 15 is 0 Å². The van der Waals surface area contributed by atoms with Crippen LogP contribution in [0.5, 0.6) is 0 Å². The number of anilines is 1. The van der Waals surface area contributed by atoms with Crippen LogP contribution in [-0.2, 0) is 14.3 Å². The molecule has 1 aliphatic rings. The Morgan fingerprint density at radius 2 is 2.03 bits per heavy atom. The van der Waals surface area contributed by atoms with Gasteiger partial charge in [0.2, 0.25) is 5.91 Å². The van der Waals surface area contributed by atoms with E-state index in [1.54, 1.807) is 12.1 Å². The third-order valence-electron chi connectivity index (χ3n) is 4.57. The van der Waals surface area contributed by atoms with E-state index in [4.69, 9.17) is 16.3 Å². The summed E-state index contributed by atoms with van der Waals surface area (Å²) >= 11 is 6.83. The number of imide groups is 1. The topological polar surface area (TPSA) is 106 Å². The maximum atomic E-state index is 12.6. The molecule has 1 aliphatic heterocycles. The van der Waals surface area contributed by atoms with Crippen LogP contribution in [0.3, 0.4) is 0 Å². The predicted molar refractivity (Wildman–Crippen MR) is 127 cm³/mol. The van der Waals surface area contributed by atoms with Crippen molar-refractivity contribution in [1.82, 2.24) is 9.88 Å². The van der Waals surface area contributed by atoms with Gasteiger partial charge in [0.15, 0.2) is 0 Å². The van der Waals surface area contributed by atoms with Gasteiger partial charge in [0.1, 0.15) is 6.54 Å². The zero-order valence-corrected chi connectivity index (χ0v) is 19.7. The van der Waals surface area contributed by atoms with E-state index < -0.39 is 29.6 Å². The number of hydrogen-bond acceptors (Lipinski definition) is 7. The average molecular weight is 488 g/mol. The van der Waals surface area contributed by atoms with E-state index in [0.717, 1.165) is 35.2 Å². The number of ether oxygens (including phenoxy) is 1. The maximum absolute atomic E-state index is 12.6. The second-order valence-corrected chi connectivity index (χ2v) is 8.60. The van der Waals surface area contributed by atoms with Crippen molar-refractivity contribution in [2.24, 2.45) is 0 Å². The quantitative estimate of drug-likeness (QED) is 0.327. The normalized spacial score (nSPS) is 14.6. The molecule has 1 aromatic heterocycles. The molecule has 1 saturated heterocycles. The minimum atomic E-state index is -0.597. The Morgan fingerprint density at radius 3 is 2.76 bits per heavy atom. The molecule has 2 heterocycles. The fraction of sp³-hybridized carbons (Fsp3) is 0.261. The van der Waals surface area contributed by atoms with Gasteiger partial charge in [-0.2, -0.15) is 0 Å². The number of thioether (sulfide) groups is 1. The third kappa shape index (κ3) is 6.43. The number of carbonyl (C=O) groups is 4. The number of halogens is 1. The van der Waals surface area contributed by atoms with Crippen molar-refractivity contribution in [2.45, 2.75) is 26.7 Å². The maximum Gasteiger partial charge on any atom is 0.339 e. The van der Waals surface area contributed by atoms with Crippen molar-refractivity contribution in [1.29, 1.82) is 0 Å². The number of rotatable bonds is 8. The summed E-state index contributed by atoms with van der Waals surface area (Å²) in [4.78, 5) is 55.0. The number of esters is 1. The first-order chi connectivity index (χ1) is 15.8. The molecule has 1 aromatic carbocycles. The summed E-state index contributed by atoms with van der Waals surface area (Å²) in [6.07, 6.45) is 3.12. The highest BCUT2D eigenvalue weighted by molar-refractivity contribution is 8.18. The van der Waals surface area contributed by atoms with Crippen LogP contribution in [0.25, 0.3) is 6.08 Å². The standard InChI is InChI=1S/C23H22ClN3O5S/c1-3-4-10-32-22(30)17-11-16(8-9-18(17)24)26-20(28)13-27-21(29)19(33-23(27)31)12-15-7-5-6-14(2)25-15/h5-9,11-12H,3-4,10,13H2,1-2H3,(H,26,28)/b19-12+. The second kappa shape index (κ2) is 11.1. The molecular weight excluding hydrogens is 466 g/mol. The molecule has 8 nitrogen and oxygen atoms in total. The lowest BCUT2D eigenvalue weighted by Gasteiger charge is -2.13. The lowest BCUT2D eigenvalue weighted by atomic mass is 10.2. The number of nitrogens with one attached hydrogen (secondary N) is 1. The molecule has 33 heavy (non-hydrogen) atoms. The summed E-state index contributed by atoms with van der Waals surface area (Å²) in [6.45, 7) is 3.60. The van der Waals surface area contributed by atoms with E-state index in [2.05, 4.69) is 10.3 Å². The van der Waals surface area contributed by atoms with Gasteiger partial charge in [-0.25, -0.2) is 4.79 Å². The van der Waals surface area contributed by atoms with Crippen LogP contribution in [0, 0.1) is 6.92 Å². The molecule has 10 heteroatoms. The summed E-state index contributed by atoms with van der Waals surface area (Å²) in [7, 11) is 0. The average Bonchev–Trinajstić information content (AvgIpc) is 3.02. The fourth-order valence-corrected chi connectivity index (χ4v) is 3.92. The van der Waals surface area contributed by atoms with Gasteiger partial charge in [-0.05, 0) is 61.5 Å². The molecule has 3 amide bonds. The van der Waals surface area contributed by atoms with Crippen molar-refractivity contribution in [3.8, 4) is 0 Å². The molecule has 172 valence electrons. The van der Waals surface area contributed by atoms with E-state index in [-0.39, 0.29) is 22.1 Å². The predicted octanol–water partition coefficient (Wildman–Crippen LogP) is 4.68. The Hall–Kier alpha value is -3.17. The lowest BCUT2D eigenvalue weighted by molar-refractivity contribution is -0.127. The first-order valence-electron chi connectivity index (χ1n) is 10.2. The van der Waals surface area contributed by atoms with Crippen LogP contribution in [0.2, 0.25) is 5.02 Å². The number of pyridine rings is 1. The molecule has 0 radical (unpaired) electrons. The molecule has 0 unspecified atom stereocenters. The summed E-state index contributed by atoms with van der Waals surface area (Å²) in [6, 6.07) is 9.71. The molecule has 0 bridgehead atoms. The Bertz CT molecular complexity index is 1130. The molecule has 0 atom stereocenters. The molecule has 0 spiro atoms. The zero-order chi connectivity index (χ0) is 24.0. The third-order valence-corrected chi connectivity index (χ3v) is 5.80. The van der Waals surface area contributed by atoms with Crippen molar-refractivity contribution in [3.63, 3.8) is 0 Å². The van der Waals surface area contributed by atoms with Crippen LogP contribution < -0.4 is 5.32 Å². The highest BCUT2D eigenvalue weighted by Crippen LogP contribution is 2.32. The van der Waals surface area contributed by atoms with Crippen molar-refractivity contribution in [3.05, 3.63) is 63.3 Å². The van der Waals surface area contributed by atoms with Gasteiger partial charge in [0.25, 0.3) is 11.1 Å². The van der Waals surface area contributed by atoms with Gasteiger partial charge in [-0.3, -0.25) is 24.3 Å². The summed E-state index contributed by atoms with van der Waals surface area (Å²) in [5, 5.41) is 2.22. The van der Waals surface area contributed by atoms with Crippen LogP contribution >= 0.6 is 23.4 Å². The summed E-state index contributed by atoms with van der Waals surface area (Å²) in [5.74, 6) is -1.76. The van der Waals surface area contributed by atoms with E-state index in [9.17, 15) is 19.2 Å².